The first-order chi connectivity index (χ1) is 10.2. The number of carbonyl (C=O) groups excluding carboxylic acids is 1. The monoisotopic (exact) mass is 296 g/mol. The molecule has 1 aliphatic heterocycles. The van der Waals surface area contributed by atoms with Gasteiger partial charge in [0.15, 0.2) is 0 Å². The quantitative estimate of drug-likeness (QED) is 0.758. The van der Waals surface area contributed by atoms with E-state index in [1.165, 1.54) is 18.4 Å². The van der Waals surface area contributed by atoms with Gasteiger partial charge in [-0.25, -0.2) is 4.79 Å². The Morgan fingerprint density at radius 2 is 2.29 bits per heavy atom. The van der Waals surface area contributed by atoms with Gasteiger partial charge in [-0.3, -0.25) is 4.79 Å². The summed E-state index contributed by atoms with van der Waals surface area (Å²) in [7, 11) is 0. The van der Waals surface area contributed by atoms with Gasteiger partial charge in [0.05, 0.1) is 25.7 Å². The molecule has 2 N–H and O–H groups in total. The predicted molar refractivity (Wildman–Crippen MR) is 78.1 cm³/mol. The van der Waals surface area contributed by atoms with Crippen LogP contribution >= 0.6 is 0 Å². The minimum absolute atomic E-state index is 0.0709. The minimum Gasteiger partial charge on any atom is -0.481 e. The third-order valence-corrected chi connectivity index (χ3v) is 4.01. The van der Waals surface area contributed by atoms with Gasteiger partial charge in [0, 0.05) is 13.1 Å². The van der Waals surface area contributed by atoms with Gasteiger partial charge in [-0.2, -0.15) is 0 Å². The molecule has 6 nitrogen and oxygen atoms in total. The number of hydrogen-bond acceptors (Lipinski definition) is 3. The highest BCUT2D eigenvalue weighted by Crippen LogP contribution is 2.19. The molecular formula is C15H24N2O4. The van der Waals surface area contributed by atoms with Gasteiger partial charge in [-0.1, -0.05) is 11.6 Å². The summed E-state index contributed by atoms with van der Waals surface area (Å²) >= 11 is 0. The lowest BCUT2D eigenvalue weighted by Gasteiger charge is -2.34. The Morgan fingerprint density at radius 1 is 1.43 bits per heavy atom. The van der Waals surface area contributed by atoms with E-state index in [9.17, 15) is 9.59 Å². The molecule has 0 saturated carbocycles. The zero-order valence-electron chi connectivity index (χ0n) is 12.3. The van der Waals surface area contributed by atoms with Gasteiger partial charge < -0.3 is 20.1 Å². The first kappa shape index (κ1) is 15.8. The number of nitrogens with one attached hydrogen (secondary N) is 1. The van der Waals surface area contributed by atoms with Crippen molar-refractivity contribution in [1.29, 1.82) is 0 Å². The molecule has 1 heterocycles. The Morgan fingerprint density at radius 3 is 3.00 bits per heavy atom. The van der Waals surface area contributed by atoms with Crippen LogP contribution in [-0.2, 0) is 9.53 Å². The predicted octanol–water partition coefficient (Wildman–Crippen LogP) is 1.76. The van der Waals surface area contributed by atoms with Crippen LogP contribution in [0, 0.1) is 0 Å². The summed E-state index contributed by atoms with van der Waals surface area (Å²) in [6.45, 7) is 1.83. The Balaban J connectivity index is 1.77. The number of ether oxygens (including phenoxy) is 1. The number of carbonyl (C=O) groups is 2. The molecular weight excluding hydrogens is 272 g/mol. The molecule has 2 amide bonds. The number of urea groups is 1. The van der Waals surface area contributed by atoms with Crippen LogP contribution < -0.4 is 5.32 Å². The van der Waals surface area contributed by atoms with Crippen molar-refractivity contribution in [3.63, 3.8) is 0 Å². The molecule has 1 aliphatic carbocycles. The summed E-state index contributed by atoms with van der Waals surface area (Å²) in [4.78, 5) is 24.6. The first-order valence-corrected chi connectivity index (χ1v) is 7.68. The molecule has 2 aliphatic rings. The maximum Gasteiger partial charge on any atom is 0.317 e. The van der Waals surface area contributed by atoms with Gasteiger partial charge in [-0.05, 0) is 32.1 Å². The number of morpholine rings is 1. The largest absolute Gasteiger partial charge is 0.481 e. The van der Waals surface area contributed by atoms with Gasteiger partial charge in [0.25, 0.3) is 0 Å². The zero-order chi connectivity index (χ0) is 15.1. The van der Waals surface area contributed by atoms with Crippen molar-refractivity contribution in [2.75, 3.05) is 26.3 Å². The maximum atomic E-state index is 12.2. The number of carboxylic acids is 1. The van der Waals surface area contributed by atoms with E-state index in [2.05, 4.69) is 11.4 Å². The standard InChI is InChI=1S/C15H24N2O4/c18-14(19)10-13-11-21-9-8-17(13)15(20)16-7-6-12-4-2-1-3-5-12/h4,13H,1-3,5-11H2,(H,16,20)(H,18,19). The van der Waals surface area contributed by atoms with Gasteiger partial charge in [0.1, 0.15) is 0 Å². The topological polar surface area (TPSA) is 78.9 Å². The van der Waals surface area contributed by atoms with Gasteiger partial charge in [-0.15, -0.1) is 0 Å². The number of rotatable bonds is 5. The van der Waals surface area contributed by atoms with Crippen LogP contribution in [0.5, 0.6) is 0 Å². The van der Waals surface area contributed by atoms with Crippen molar-refractivity contribution >= 4 is 12.0 Å². The molecule has 1 atom stereocenters. The highest BCUT2D eigenvalue weighted by Gasteiger charge is 2.28. The third-order valence-electron chi connectivity index (χ3n) is 4.01. The fraction of sp³-hybridized carbons (Fsp3) is 0.733. The molecule has 0 aromatic rings. The van der Waals surface area contributed by atoms with Crippen LogP contribution in [0.4, 0.5) is 4.79 Å². The highest BCUT2D eigenvalue weighted by molar-refractivity contribution is 5.76. The van der Waals surface area contributed by atoms with E-state index >= 15 is 0 Å². The maximum absolute atomic E-state index is 12.2. The Bertz CT molecular complexity index is 408. The van der Waals surface area contributed by atoms with Crippen LogP contribution in [0.15, 0.2) is 11.6 Å². The summed E-state index contributed by atoms with van der Waals surface area (Å²) in [5, 5.41) is 11.8. The summed E-state index contributed by atoms with van der Waals surface area (Å²) in [6.07, 6.45) is 7.88. The lowest BCUT2D eigenvalue weighted by atomic mass is 9.97. The van der Waals surface area contributed by atoms with Crippen molar-refractivity contribution in [2.45, 2.75) is 44.6 Å². The molecule has 1 fully saturated rings. The third kappa shape index (κ3) is 5.04. The second-order valence-electron chi connectivity index (χ2n) is 5.61. The van der Waals surface area contributed by atoms with E-state index in [1.807, 2.05) is 0 Å². The molecule has 0 aromatic heterocycles. The smallest absolute Gasteiger partial charge is 0.317 e. The first-order valence-electron chi connectivity index (χ1n) is 7.68. The van der Waals surface area contributed by atoms with E-state index in [4.69, 9.17) is 9.84 Å². The van der Waals surface area contributed by atoms with Crippen molar-refractivity contribution in [1.82, 2.24) is 10.2 Å². The molecule has 0 spiro atoms. The number of hydrogen-bond donors (Lipinski definition) is 2. The summed E-state index contributed by atoms with van der Waals surface area (Å²) in [6, 6.07) is -0.550. The number of amides is 2. The molecule has 0 radical (unpaired) electrons. The fourth-order valence-corrected chi connectivity index (χ4v) is 2.86. The molecule has 0 aromatic carbocycles. The second kappa shape index (κ2) is 8.02. The normalized spacial score (nSPS) is 22.6. The Labute approximate surface area is 125 Å². The molecule has 0 bridgehead atoms. The van der Waals surface area contributed by atoms with E-state index < -0.39 is 5.97 Å². The second-order valence-corrected chi connectivity index (χ2v) is 5.61. The summed E-state index contributed by atoms with van der Waals surface area (Å²) in [5.74, 6) is -0.907. The lowest BCUT2D eigenvalue weighted by molar-refractivity contribution is -0.139. The van der Waals surface area contributed by atoms with E-state index in [1.54, 1.807) is 4.90 Å². The number of nitrogens with zero attached hydrogens (tertiary/aromatic N) is 1. The zero-order valence-corrected chi connectivity index (χ0v) is 12.3. The van der Waals surface area contributed by atoms with Crippen molar-refractivity contribution in [3.8, 4) is 0 Å². The van der Waals surface area contributed by atoms with Crippen LogP contribution in [0.1, 0.15) is 38.5 Å². The highest BCUT2D eigenvalue weighted by atomic mass is 16.5. The Hall–Kier alpha value is -1.56. The van der Waals surface area contributed by atoms with Crippen LogP contribution in [0.2, 0.25) is 0 Å². The van der Waals surface area contributed by atoms with Crippen molar-refractivity contribution < 1.29 is 19.4 Å². The Kier molecular flexibility index (Phi) is 6.04. The van der Waals surface area contributed by atoms with E-state index in [0.29, 0.717) is 26.3 Å². The average molecular weight is 296 g/mol. The molecule has 2 rings (SSSR count). The van der Waals surface area contributed by atoms with Crippen LogP contribution in [-0.4, -0.2) is 54.4 Å². The van der Waals surface area contributed by atoms with Crippen molar-refractivity contribution in [3.05, 3.63) is 11.6 Å². The van der Waals surface area contributed by atoms with E-state index in [0.717, 1.165) is 19.3 Å². The van der Waals surface area contributed by atoms with Crippen molar-refractivity contribution in [2.24, 2.45) is 0 Å². The van der Waals surface area contributed by atoms with Gasteiger partial charge in [0.2, 0.25) is 0 Å². The SMILES string of the molecule is O=C(O)CC1COCCN1C(=O)NCCC1=CCCCC1. The fourth-order valence-electron chi connectivity index (χ4n) is 2.86. The molecule has 118 valence electrons. The summed E-state index contributed by atoms with van der Waals surface area (Å²) in [5.41, 5.74) is 1.42. The molecule has 21 heavy (non-hydrogen) atoms. The molecule has 1 saturated heterocycles. The lowest BCUT2D eigenvalue weighted by Crippen LogP contribution is -2.53. The van der Waals surface area contributed by atoms with E-state index in [-0.39, 0.29) is 18.5 Å². The average Bonchev–Trinajstić information content (AvgIpc) is 2.48. The molecule has 1 unspecified atom stereocenters. The number of allylic oxidation sites excluding steroid dienone is 1. The number of carboxylic acid groups (broad SMARTS) is 1. The van der Waals surface area contributed by atoms with Crippen LogP contribution in [0.3, 0.4) is 0 Å². The number of aliphatic carboxylic acids is 1. The van der Waals surface area contributed by atoms with Gasteiger partial charge >= 0.3 is 12.0 Å². The van der Waals surface area contributed by atoms with Crippen LogP contribution in [0.25, 0.3) is 0 Å². The molecule has 6 heteroatoms. The summed E-state index contributed by atoms with van der Waals surface area (Å²) < 4.78 is 5.27. The minimum atomic E-state index is -0.907.